The Balaban J connectivity index is 2.37. The number of rotatable bonds is 3. The molecule has 0 unspecified atom stereocenters. The fourth-order valence-electron chi connectivity index (χ4n) is 1.30. The molecular weight excluding hydrogens is 265 g/mol. The number of aromatic nitrogens is 1. The second kappa shape index (κ2) is 5.04. The SMILES string of the molecule is COc1ccc(-c2nc(CCl)cs2)cc1Cl. The van der Waals surface area contributed by atoms with Crippen molar-refractivity contribution >= 4 is 34.5 Å². The Hall–Kier alpha value is -0.770. The predicted molar refractivity (Wildman–Crippen MR) is 68.7 cm³/mol. The number of alkyl halides is 1. The molecule has 1 heterocycles. The number of methoxy groups -OCH3 is 1. The van der Waals surface area contributed by atoms with E-state index in [1.54, 1.807) is 18.4 Å². The maximum Gasteiger partial charge on any atom is 0.137 e. The summed E-state index contributed by atoms with van der Waals surface area (Å²) < 4.78 is 5.09. The van der Waals surface area contributed by atoms with Crippen LogP contribution in [0.5, 0.6) is 5.75 Å². The summed E-state index contributed by atoms with van der Waals surface area (Å²) in [6.45, 7) is 0. The second-order valence-corrected chi connectivity index (χ2v) is 4.66. The highest BCUT2D eigenvalue weighted by Gasteiger charge is 2.07. The highest BCUT2D eigenvalue weighted by Crippen LogP contribution is 2.31. The molecule has 0 aliphatic rings. The average Bonchev–Trinajstić information content (AvgIpc) is 2.77. The van der Waals surface area contributed by atoms with Gasteiger partial charge < -0.3 is 4.74 Å². The lowest BCUT2D eigenvalue weighted by Crippen LogP contribution is -1.85. The average molecular weight is 274 g/mol. The van der Waals surface area contributed by atoms with Gasteiger partial charge in [-0.2, -0.15) is 0 Å². The van der Waals surface area contributed by atoms with Crippen LogP contribution in [0, 0.1) is 0 Å². The molecule has 0 fully saturated rings. The molecule has 2 aromatic rings. The third-order valence-corrected chi connectivity index (χ3v) is 3.60. The van der Waals surface area contributed by atoms with Gasteiger partial charge in [-0.25, -0.2) is 4.98 Å². The number of thiazole rings is 1. The minimum Gasteiger partial charge on any atom is -0.495 e. The Morgan fingerprint density at radius 1 is 1.44 bits per heavy atom. The lowest BCUT2D eigenvalue weighted by Gasteiger charge is -2.03. The summed E-state index contributed by atoms with van der Waals surface area (Å²) in [4.78, 5) is 4.38. The second-order valence-electron chi connectivity index (χ2n) is 3.13. The van der Waals surface area contributed by atoms with Crippen LogP contribution in [0.3, 0.4) is 0 Å². The van der Waals surface area contributed by atoms with Crippen molar-refractivity contribution in [3.63, 3.8) is 0 Å². The molecule has 0 aliphatic carbocycles. The summed E-state index contributed by atoms with van der Waals surface area (Å²) in [5, 5.41) is 3.45. The van der Waals surface area contributed by atoms with Crippen LogP contribution < -0.4 is 4.74 Å². The van der Waals surface area contributed by atoms with Crippen molar-refractivity contribution in [3.05, 3.63) is 34.3 Å². The van der Waals surface area contributed by atoms with Crippen LogP contribution in [-0.4, -0.2) is 12.1 Å². The molecule has 1 aromatic carbocycles. The Morgan fingerprint density at radius 2 is 2.25 bits per heavy atom. The molecule has 0 saturated heterocycles. The lowest BCUT2D eigenvalue weighted by molar-refractivity contribution is 0.415. The molecule has 2 nitrogen and oxygen atoms in total. The zero-order valence-corrected chi connectivity index (χ0v) is 10.9. The molecule has 84 valence electrons. The third kappa shape index (κ3) is 2.32. The van der Waals surface area contributed by atoms with Crippen molar-refractivity contribution in [3.8, 4) is 16.3 Å². The number of benzene rings is 1. The van der Waals surface area contributed by atoms with Gasteiger partial charge >= 0.3 is 0 Å². The van der Waals surface area contributed by atoms with E-state index in [4.69, 9.17) is 27.9 Å². The van der Waals surface area contributed by atoms with Crippen molar-refractivity contribution in [2.75, 3.05) is 7.11 Å². The number of ether oxygens (including phenoxy) is 1. The van der Waals surface area contributed by atoms with Crippen molar-refractivity contribution in [1.29, 1.82) is 0 Å². The van der Waals surface area contributed by atoms with E-state index >= 15 is 0 Å². The quantitative estimate of drug-likeness (QED) is 0.782. The molecule has 5 heteroatoms. The maximum atomic E-state index is 6.05. The van der Waals surface area contributed by atoms with Gasteiger partial charge in [0.1, 0.15) is 10.8 Å². The molecule has 0 radical (unpaired) electrons. The monoisotopic (exact) mass is 273 g/mol. The highest BCUT2D eigenvalue weighted by atomic mass is 35.5. The van der Waals surface area contributed by atoms with Crippen LogP contribution in [0.1, 0.15) is 5.69 Å². The first-order chi connectivity index (χ1) is 7.74. The van der Waals surface area contributed by atoms with Gasteiger partial charge in [0.25, 0.3) is 0 Å². The number of nitrogens with zero attached hydrogens (tertiary/aromatic N) is 1. The van der Waals surface area contributed by atoms with Gasteiger partial charge in [0.15, 0.2) is 0 Å². The minimum atomic E-state index is 0.431. The van der Waals surface area contributed by atoms with E-state index in [1.165, 1.54) is 0 Å². The summed E-state index contributed by atoms with van der Waals surface area (Å²) >= 11 is 13.3. The molecule has 0 atom stereocenters. The van der Waals surface area contributed by atoms with E-state index in [-0.39, 0.29) is 0 Å². The van der Waals surface area contributed by atoms with Gasteiger partial charge in [0, 0.05) is 10.9 Å². The van der Waals surface area contributed by atoms with E-state index in [1.807, 2.05) is 23.6 Å². The zero-order chi connectivity index (χ0) is 11.5. The molecular formula is C11H9Cl2NOS. The molecule has 0 N–H and O–H groups in total. The molecule has 1 aromatic heterocycles. The van der Waals surface area contributed by atoms with Crippen LogP contribution >= 0.6 is 34.5 Å². The molecule has 0 amide bonds. The van der Waals surface area contributed by atoms with Gasteiger partial charge in [0.05, 0.1) is 23.7 Å². The van der Waals surface area contributed by atoms with Crippen molar-refractivity contribution in [2.24, 2.45) is 0 Å². The van der Waals surface area contributed by atoms with E-state index in [2.05, 4.69) is 4.98 Å². The molecule has 2 rings (SSSR count). The van der Waals surface area contributed by atoms with Gasteiger partial charge in [-0.15, -0.1) is 22.9 Å². The minimum absolute atomic E-state index is 0.431. The Bertz CT molecular complexity index is 498. The summed E-state index contributed by atoms with van der Waals surface area (Å²) in [6, 6.07) is 5.61. The molecule has 0 aliphatic heterocycles. The van der Waals surface area contributed by atoms with Crippen LogP contribution in [0.2, 0.25) is 5.02 Å². The molecule has 0 saturated carbocycles. The van der Waals surface area contributed by atoms with Crippen LogP contribution in [0.4, 0.5) is 0 Å². The maximum absolute atomic E-state index is 6.05. The van der Waals surface area contributed by atoms with Crippen molar-refractivity contribution in [2.45, 2.75) is 5.88 Å². The number of hydrogen-bond acceptors (Lipinski definition) is 3. The standard InChI is InChI=1S/C11H9Cl2NOS/c1-15-10-3-2-7(4-9(10)13)11-14-8(5-12)6-16-11/h2-4,6H,5H2,1H3. The fraction of sp³-hybridized carbons (Fsp3) is 0.182. The van der Waals surface area contributed by atoms with Gasteiger partial charge in [-0.3, -0.25) is 0 Å². The molecule has 0 spiro atoms. The summed E-state index contributed by atoms with van der Waals surface area (Å²) in [7, 11) is 1.59. The van der Waals surface area contributed by atoms with Gasteiger partial charge in [-0.05, 0) is 18.2 Å². The van der Waals surface area contributed by atoms with Gasteiger partial charge in [-0.1, -0.05) is 11.6 Å². The number of hydrogen-bond donors (Lipinski definition) is 0. The Morgan fingerprint density at radius 3 is 2.81 bits per heavy atom. The highest BCUT2D eigenvalue weighted by molar-refractivity contribution is 7.13. The summed E-state index contributed by atoms with van der Waals surface area (Å²) in [6.07, 6.45) is 0. The van der Waals surface area contributed by atoms with E-state index in [9.17, 15) is 0 Å². The fourth-order valence-corrected chi connectivity index (χ4v) is 2.60. The lowest BCUT2D eigenvalue weighted by atomic mass is 10.2. The van der Waals surface area contributed by atoms with Gasteiger partial charge in [0.2, 0.25) is 0 Å². The van der Waals surface area contributed by atoms with Crippen LogP contribution in [-0.2, 0) is 5.88 Å². The zero-order valence-electron chi connectivity index (χ0n) is 8.54. The molecule has 0 bridgehead atoms. The first-order valence-corrected chi connectivity index (χ1v) is 6.38. The Kier molecular flexibility index (Phi) is 3.69. The van der Waals surface area contributed by atoms with Crippen molar-refractivity contribution < 1.29 is 4.74 Å². The van der Waals surface area contributed by atoms with E-state index in [0.29, 0.717) is 16.7 Å². The summed E-state index contributed by atoms with van der Waals surface area (Å²) in [5.74, 6) is 1.10. The van der Waals surface area contributed by atoms with Crippen LogP contribution in [0.25, 0.3) is 10.6 Å². The largest absolute Gasteiger partial charge is 0.495 e. The Labute approximate surface area is 108 Å². The number of halogens is 2. The summed E-state index contributed by atoms with van der Waals surface area (Å²) in [5.41, 5.74) is 1.86. The first kappa shape index (κ1) is 11.7. The first-order valence-electron chi connectivity index (χ1n) is 4.59. The van der Waals surface area contributed by atoms with E-state index < -0.39 is 0 Å². The van der Waals surface area contributed by atoms with E-state index in [0.717, 1.165) is 16.3 Å². The third-order valence-electron chi connectivity index (χ3n) is 2.09. The smallest absolute Gasteiger partial charge is 0.137 e. The van der Waals surface area contributed by atoms with Crippen LogP contribution in [0.15, 0.2) is 23.6 Å². The normalized spacial score (nSPS) is 10.4. The topological polar surface area (TPSA) is 22.1 Å². The molecule has 16 heavy (non-hydrogen) atoms. The van der Waals surface area contributed by atoms with Crippen molar-refractivity contribution in [1.82, 2.24) is 4.98 Å². The predicted octanol–water partition coefficient (Wildman–Crippen LogP) is 4.21.